The first-order valence-electron chi connectivity index (χ1n) is 18.3. The third-order valence-corrected chi connectivity index (χ3v) is 10.0. The molecule has 0 aliphatic heterocycles. The van der Waals surface area contributed by atoms with Crippen molar-refractivity contribution in [1.29, 1.82) is 0 Å². The van der Waals surface area contributed by atoms with Crippen molar-refractivity contribution in [2.45, 2.75) is 89.8 Å². The number of alkyl halides is 6. The van der Waals surface area contributed by atoms with E-state index in [0.717, 1.165) is 62.1 Å². The summed E-state index contributed by atoms with van der Waals surface area (Å²) >= 11 is 0. The van der Waals surface area contributed by atoms with Gasteiger partial charge in [0.05, 0.1) is 11.1 Å². The SMILES string of the molecule is CC1CCC(c2ccc(C(=O)Oc3cc(F)c(OC(F)(F)F)c(F)c3)cc2)CC1.CC1CCC(c2ccc(C(=O)Oc3ccc(OC(F)(F)F)c(F)c3)cc2)CC1. The van der Waals surface area contributed by atoms with Gasteiger partial charge in [0.2, 0.25) is 5.75 Å². The molecule has 0 aromatic heterocycles. The van der Waals surface area contributed by atoms with Gasteiger partial charge in [-0.1, -0.05) is 63.8 Å². The van der Waals surface area contributed by atoms with Gasteiger partial charge < -0.3 is 18.9 Å². The molecule has 0 amide bonds. The van der Waals surface area contributed by atoms with Crippen LogP contribution >= 0.6 is 0 Å². The van der Waals surface area contributed by atoms with Crippen molar-refractivity contribution in [3.05, 3.63) is 119 Å². The Labute approximate surface area is 322 Å². The topological polar surface area (TPSA) is 71.1 Å². The van der Waals surface area contributed by atoms with Crippen LogP contribution < -0.4 is 18.9 Å². The number of halogens is 9. The third kappa shape index (κ3) is 12.6. The molecule has 0 atom stereocenters. The highest BCUT2D eigenvalue weighted by atomic mass is 19.4. The minimum absolute atomic E-state index is 0.161. The molecule has 0 unspecified atom stereocenters. The Bertz CT molecular complexity index is 1960. The maximum Gasteiger partial charge on any atom is 0.573 e. The van der Waals surface area contributed by atoms with Crippen molar-refractivity contribution in [2.24, 2.45) is 11.8 Å². The van der Waals surface area contributed by atoms with E-state index in [-0.39, 0.29) is 16.9 Å². The second-order valence-electron chi connectivity index (χ2n) is 14.3. The number of carbonyl (C=O) groups excluding carboxylic acids is 2. The van der Waals surface area contributed by atoms with Gasteiger partial charge >= 0.3 is 24.7 Å². The molecular weight excluding hydrogens is 771 g/mol. The molecule has 57 heavy (non-hydrogen) atoms. The minimum atomic E-state index is -5.25. The number of rotatable bonds is 8. The first kappa shape index (κ1) is 42.9. The molecule has 6 rings (SSSR count). The molecule has 0 saturated heterocycles. The van der Waals surface area contributed by atoms with Crippen molar-refractivity contribution in [1.82, 2.24) is 0 Å². The Morgan fingerprint density at radius 1 is 0.509 bits per heavy atom. The molecule has 306 valence electrons. The lowest BCUT2D eigenvalue weighted by atomic mass is 9.79. The molecule has 0 spiro atoms. The number of ether oxygens (including phenoxy) is 4. The van der Waals surface area contributed by atoms with Crippen LogP contribution in [-0.2, 0) is 0 Å². The van der Waals surface area contributed by atoms with Crippen LogP contribution in [0.3, 0.4) is 0 Å². The Morgan fingerprint density at radius 3 is 1.28 bits per heavy atom. The van der Waals surface area contributed by atoms with Crippen molar-refractivity contribution in [3.8, 4) is 23.0 Å². The largest absolute Gasteiger partial charge is 0.573 e. The van der Waals surface area contributed by atoms with Crippen LogP contribution in [0, 0.1) is 29.3 Å². The summed E-state index contributed by atoms with van der Waals surface area (Å²) < 4.78 is 131. The lowest BCUT2D eigenvalue weighted by Gasteiger charge is -2.26. The zero-order valence-corrected chi connectivity index (χ0v) is 30.8. The average molecular weight is 811 g/mol. The van der Waals surface area contributed by atoms with Crippen LogP contribution in [0.2, 0.25) is 0 Å². The monoisotopic (exact) mass is 810 g/mol. The number of benzene rings is 4. The predicted octanol–water partition coefficient (Wildman–Crippen LogP) is 12.6. The van der Waals surface area contributed by atoms with Crippen LogP contribution in [0.15, 0.2) is 78.9 Å². The Kier molecular flexibility index (Phi) is 13.8. The average Bonchev–Trinajstić information content (AvgIpc) is 3.14. The highest BCUT2D eigenvalue weighted by Crippen LogP contribution is 2.37. The minimum Gasteiger partial charge on any atom is -0.423 e. The first-order valence-corrected chi connectivity index (χ1v) is 18.3. The summed E-state index contributed by atoms with van der Waals surface area (Å²) in [6.45, 7) is 4.47. The van der Waals surface area contributed by atoms with Crippen molar-refractivity contribution in [2.75, 3.05) is 0 Å². The highest BCUT2D eigenvalue weighted by molar-refractivity contribution is 5.91. The van der Waals surface area contributed by atoms with Gasteiger partial charge in [0, 0.05) is 18.2 Å². The molecule has 2 aliphatic carbocycles. The van der Waals surface area contributed by atoms with Crippen LogP contribution in [-0.4, -0.2) is 24.7 Å². The molecule has 2 aliphatic rings. The number of hydrogen-bond acceptors (Lipinski definition) is 6. The molecule has 2 saturated carbocycles. The second kappa shape index (κ2) is 18.4. The summed E-state index contributed by atoms with van der Waals surface area (Å²) in [7, 11) is 0. The zero-order chi connectivity index (χ0) is 41.5. The molecule has 0 bridgehead atoms. The molecule has 4 aromatic carbocycles. The standard InChI is InChI=1S/C21H19F5O3.C21H20F4O3/c1-12-2-4-13(5-3-12)14-6-8-15(9-7-14)20(27)28-16-10-17(22)19(18(23)11-16)29-21(24,25)26;1-13-2-4-14(5-3-13)15-6-8-16(9-7-15)20(26)27-17-10-11-19(18(22)12-17)28-21(23,24)25/h6-13H,2-5H2,1H3;6-14H,2-5H2,1H3. The molecule has 4 aromatic rings. The zero-order valence-electron chi connectivity index (χ0n) is 30.8. The van der Waals surface area contributed by atoms with Crippen molar-refractivity contribution in [3.63, 3.8) is 0 Å². The molecule has 0 radical (unpaired) electrons. The first-order chi connectivity index (χ1) is 26.8. The van der Waals surface area contributed by atoms with E-state index in [4.69, 9.17) is 9.47 Å². The smallest absolute Gasteiger partial charge is 0.423 e. The normalized spacial score (nSPS) is 19.8. The van der Waals surface area contributed by atoms with Crippen LogP contribution in [0.5, 0.6) is 23.0 Å². The molecule has 0 N–H and O–H groups in total. The lowest BCUT2D eigenvalue weighted by molar-refractivity contribution is -0.277. The third-order valence-electron chi connectivity index (χ3n) is 10.0. The Morgan fingerprint density at radius 2 is 0.895 bits per heavy atom. The van der Waals surface area contributed by atoms with E-state index >= 15 is 0 Å². The molecular formula is C42H39F9O6. The summed E-state index contributed by atoms with van der Waals surface area (Å²) in [6, 6.07) is 17.2. The van der Waals surface area contributed by atoms with E-state index in [1.165, 1.54) is 18.4 Å². The van der Waals surface area contributed by atoms with Crippen LogP contribution in [0.1, 0.15) is 109 Å². The molecule has 15 heteroatoms. The lowest BCUT2D eigenvalue weighted by Crippen LogP contribution is -2.19. The van der Waals surface area contributed by atoms with E-state index < -0.39 is 59.4 Å². The van der Waals surface area contributed by atoms with E-state index in [2.05, 4.69) is 23.3 Å². The molecule has 0 heterocycles. The van der Waals surface area contributed by atoms with Gasteiger partial charge in [0.1, 0.15) is 11.5 Å². The van der Waals surface area contributed by atoms with Gasteiger partial charge in [0.15, 0.2) is 23.2 Å². The van der Waals surface area contributed by atoms with Gasteiger partial charge in [-0.3, -0.25) is 0 Å². The van der Waals surface area contributed by atoms with Crippen LogP contribution in [0.4, 0.5) is 39.5 Å². The number of carbonyl (C=O) groups is 2. The van der Waals surface area contributed by atoms with E-state index in [9.17, 15) is 49.1 Å². The predicted molar refractivity (Wildman–Crippen MR) is 190 cm³/mol. The highest BCUT2D eigenvalue weighted by Gasteiger charge is 2.35. The van der Waals surface area contributed by atoms with Crippen molar-refractivity contribution < 1.29 is 68.1 Å². The summed E-state index contributed by atoms with van der Waals surface area (Å²) in [5.41, 5.74) is 2.72. The number of hydrogen-bond donors (Lipinski definition) is 0. The fourth-order valence-electron chi connectivity index (χ4n) is 6.86. The number of esters is 2. The van der Waals surface area contributed by atoms with Gasteiger partial charge in [-0.05, 0) is 96.9 Å². The molecule has 6 nitrogen and oxygen atoms in total. The summed E-state index contributed by atoms with van der Waals surface area (Å²) in [4.78, 5) is 24.4. The maximum absolute atomic E-state index is 13.7. The van der Waals surface area contributed by atoms with E-state index in [1.54, 1.807) is 24.3 Å². The van der Waals surface area contributed by atoms with Gasteiger partial charge in [-0.2, -0.15) is 0 Å². The van der Waals surface area contributed by atoms with Gasteiger partial charge in [0.25, 0.3) is 0 Å². The Hall–Kier alpha value is -5.21. The van der Waals surface area contributed by atoms with E-state index in [0.29, 0.717) is 36.0 Å². The van der Waals surface area contributed by atoms with Crippen molar-refractivity contribution >= 4 is 11.9 Å². The van der Waals surface area contributed by atoms with Crippen LogP contribution in [0.25, 0.3) is 0 Å². The Balaban J connectivity index is 0.000000218. The van der Waals surface area contributed by atoms with E-state index in [1.807, 2.05) is 24.3 Å². The second-order valence-corrected chi connectivity index (χ2v) is 14.3. The quantitative estimate of drug-likeness (QED) is 0.100. The fraction of sp³-hybridized carbons (Fsp3) is 0.381. The maximum atomic E-state index is 13.7. The summed E-state index contributed by atoms with van der Waals surface area (Å²) in [5.74, 6) is -7.12. The fourth-order valence-corrected chi connectivity index (χ4v) is 6.86. The van der Waals surface area contributed by atoms with Gasteiger partial charge in [-0.25, -0.2) is 22.8 Å². The molecule has 2 fully saturated rings. The van der Waals surface area contributed by atoms with Gasteiger partial charge in [-0.15, -0.1) is 26.3 Å². The summed E-state index contributed by atoms with van der Waals surface area (Å²) in [5, 5.41) is 0. The summed E-state index contributed by atoms with van der Waals surface area (Å²) in [6.07, 6.45) is -1.17.